The number of ether oxygens (including phenoxy) is 1. The van der Waals surface area contributed by atoms with Crippen LogP contribution < -0.4 is 15.4 Å². The fraction of sp³-hybridized carbons (Fsp3) is 0.926. The number of nitrogens with zero attached hydrogens (tertiary/aromatic N) is 4. The van der Waals surface area contributed by atoms with Crippen LogP contribution in [0.5, 0.6) is 0 Å². The molecule has 1 spiro atoms. The van der Waals surface area contributed by atoms with Crippen molar-refractivity contribution in [2.75, 3.05) is 25.9 Å². The maximum absolute atomic E-state index is 15.3. The van der Waals surface area contributed by atoms with E-state index in [4.69, 9.17) is 14.7 Å². The zero-order valence-electron chi connectivity index (χ0n) is 44.3. The zero-order chi connectivity index (χ0) is 49.0. The minimum Gasteiger partial charge on any atom is -0.365 e. The van der Waals surface area contributed by atoms with E-state index < -0.39 is 21.1 Å². The summed E-state index contributed by atoms with van der Waals surface area (Å²) in [7, 11) is -3.27. The second-order valence-corrected chi connectivity index (χ2v) is 27.3. The molecular weight excluding hydrogens is 891 g/mol. The predicted octanol–water partition coefficient (Wildman–Crippen LogP) is 10.7. The molecule has 388 valence electrons. The number of amidine groups is 1. The number of hydrogen-bond donors (Lipinski definition) is 3. The van der Waals surface area contributed by atoms with E-state index in [-0.39, 0.29) is 58.7 Å². The number of thioether (sulfide) groups is 1. The Morgan fingerprint density at radius 1 is 0.882 bits per heavy atom. The van der Waals surface area contributed by atoms with Crippen molar-refractivity contribution in [2.24, 2.45) is 50.4 Å². The second-order valence-electron chi connectivity index (χ2n) is 24.0. The molecule has 2 aliphatic heterocycles. The van der Waals surface area contributed by atoms with Crippen LogP contribution in [-0.4, -0.2) is 114 Å². The van der Waals surface area contributed by atoms with Gasteiger partial charge in [0.2, 0.25) is 20.9 Å². The Balaban J connectivity index is 1.15. The fourth-order valence-electron chi connectivity index (χ4n) is 13.9. The first-order valence-corrected chi connectivity index (χ1v) is 30.7. The number of hydrogen-bond acceptors (Lipinski definition) is 9. The smallest absolute Gasteiger partial charge is 0.320 e. The molecule has 0 radical (unpaired) electrons. The van der Waals surface area contributed by atoms with Crippen molar-refractivity contribution in [3.63, 3.8) is 0 Å². The summed E-state index contributed by atoms with van der Waals surface area (Å²) < 4.78 is 33.6. The average Bonchev–Trinajstić information content (AvgIpc) is 3.64. The van der Waals surface area contributed by atoms with Crippen LogP contribution in [0.4, 0.5) is 4.79 Å². The largest absolute Gasteiger partial charge is 0.365 e. The topological polar surface area (TPSA) is 145 Å². The van der Waals surface area contributed by atoms with Gasteiger partial charge in [-0.3, -0.25) is 14.6 Å². The van der Waals surface area contributed by atoms with Gasteiger partial charge in [-0.15, -0.1) is 0 Å². The third kappa shape index (κ3) is 12.4. The Hall–Kier alpha value is -1.74. The van der Waals surface area contributed by atoms with Crippen LogP contribution in [0, 0.1) is 40.4 Å². The van der Waals surface area contributed by atoms with Crippen LogP contribution in [0.25, 0.3) is 0 Å². The van der Waals surface area contributed by atoms with Crippen molar-refractivity contribution in [1.29, 1.82) is 0 Å². The third-order valence-electron chi connectivity index (χ3n) is 18.9. The van der Waals surface area contributed by atoms with Gasteiger partial charge in [0.25, 0.3) is 0 Å². The van der Waals surface area contributed by atoms with Crippen LogP contribution in [-0.2, 0) is 19.6 Å². The van der Waals surface area contributed by atoms with Crippen LogP contribution >= 0.6 is 11.8 Å². The number of aliphatic imine (C=N–C) groups is 2. The molecule has 0 bridgehead atoms. The van der Waals surface area contributed by atoms with E-state index in [1.807, 2.05) is 11.8 Å². The summed E-state index contributed by atoms with van der Waals surface area (Å²) >= 11 is 1.94. The van der Waals surface area contributed by atoms with E-state index in [0.29, 0.717) is 48.7 Å². The van der Waals surface area contributed by atoms with E-state index in [2.05, 4.69) is 87.5 Å². The Bertz CT molecular complexity index is 1890. The predicted molar refractivity (Wildman–Crippen MR) is 281 cm³/mol. The van der Waals surface area contributed by atoms with E-state index in [1.54, 1.807) is 0 Å². The number of carbonyl (C=O) groups excluding carboxylic acids is 2. The van der Waals surface area contributed by atoms with Gasteiger partial charge in [-0.1, -0.05) is 125 Å². The maximum atomic E-state index is 15.3. The van der Waals surface area contributed by atoms with Crippen molar-refractivity contribution in [2.45, 2.75) is 250 Å². The SMILES string of the molecule is CCC(OC1CCC(C(C)(C)CC)CC1C(C)(C)CC)C(=O)NC1CCCC(C2=NC(C3CCCCC3)=NC23SC2CCCCC2NC(=O)N3C2CCC(N(CC)CCNS(C)(=O)=O)CC2C)C1. The van der Waals surface area contributed by atoms with E-state index in [1.165, 1.54) is 31.9 Å². The number of fused-ring (bicyclic) bond motifs is 1. The quantitative estimate of drug-likeness (QED) is 0.124. The first-order valence-electron chi connectivity index (χ1n) is 27.9. The first-order chi connectivity index (χ1) is 32.3. The molecule has 3 N–H and O–H groups in total. The molecule has 0 aromatic heterocycles. The number of carbonyl (C=O) groups is 2. The molecule has 1 saturated heterocycles. The highest BCUT2D eigenvalue weighted by Crippen LogP contribution is 2.53. The van der Waals surface area contributed by atoms with Crippen molar-refractivity contribution in [3.8, 4) is 0 Å². The normalized spacial score (nSPS) is 35.0. The first kappa shape index (κ1) is 54.0. The van der Waals surface area contributed by atoms with E-state index in [9.17, 15) is 13.2 Å². The summed E-state index contributed by atoms with van der Waals surface area (Å²) in [6.45, 7) is 22.8. The Kier molecular flexibility index (Phi) is 18.3. The van der Waals surface area contributed by atoms with Crippen LogP contribution in [0.1, 0.15) is 204 Å². The van der Waals surface area contributed by atoms with Crippen molar-refractivity contribution < 1.29 is 22.7 Å². The summed E-state index contributed by atoms with van der Waals surface area (Å²) in [6, 6.07) is 0.375. The standard InChI is InChI=1S/C54H95N7O5S2/c1-11-45(66-46-30-27-39(52(6,7)12-2)35-42(46)53(8,9)13-3)50(62)56-40-24-20-23-38(34-40)48-54(59-49(58-48)37-21-16-15-17-22-37)61(51(63)57-43-25-18-19-26-47(43)67-54)44-29-28-41(33-36(44)5)60(14-4)32-31-55-68(10,64)65/h36-47,55H,11-35H2,1-10H3,(H,56,62)(H,57,63). The monoisotopic (exact) mass is 986 g/mol. The second kappa shape index (κ2) is 23.0. The number of likely N-dealkylation sites (N-methyl/N-ethyl adjacent to an activating group) is 1. The molecule has 5 aliphatic carbocycles. The molecule has 0 aromatic rings. The van der Waals surface area contributed by atoms with Gasteiger partial charge in [-0.05, 0) is 125 Å². The van der Waals surface area contributed by atoms with Crippen molar-refractivity contribution in [3.05, 3.63) is 0 Å². The molecule has 12 unspecified atom stereocenters. The van der Waals surface area contributed by atoms with Gasteiger partial charge < -0.3 is 15.4 Å². The maximum Gasteiger partial charge on any atom is 0.320 e. The lowest BCUT2D eigenvalue weighted by molar-refractivity contribution is -0.150. The summed E-state index contributed by atoms with van der Waals surface area (Å²) in [6.07, 6.45) is 23.5. The molecule has 14 heteroatoms. The molecule has 6 fully saturated rings. The highest BCUT2D eigenvalue weighted by atomic mass is 32.2. The lowest BCUT2D eigenvalue weighted by Crippen LogP contribution is -2.63. The molecule has 68 heavy (non-hydrogen) atoms. The number of rotatable bonds is 18. The van der Waals surface area contributed by atoms with Gasteiger partial charge in [-0.2, -0.15) is 0 Å². The lowest BCUT2D eigenvalue weighted by atomic mass is 9.60. The van der Waals surface area contributed by atoms with Gasteiger partial charge >= 0.3 is 6.03 Å². The molecule has 3 amide bonds. The summed E-state index contributed by atoms with van der Waals surface area (Å²) in [5.74, 6) is 2.63. The highest BCUT2D eigenvalue weighted by molar-refractivity contribution is 8.02. The van der Waals surface area contributed by atoms with Crippen LogP contribution in [0.15, 0.2) is 9.98 Å². The number of sulfonamides is 1. The van der Waals surface area contributed by atoms with Gasteiger partial charge in [0.05, 0.1) is 18.1 Å². The summed E-state index contributed by atoms with van der Waals surface area (Å²) in [5, 5.41) is 7.44. The fourth-order valence-corrected chi connectivity index (χ4v) is 16.2. The van der Waals surface area contributed by atoms with Crippen molar-refractivity contribution >= 4 is 45.3 Å². The van der Waals surface area contributed by atoms with E-state index >= 15 is 4.79 Å². The molecule has 0 aromatic carbocycles. The third-order valence-corrected chi connectivity index (χ3v) is 21.3. The molecule has 7 aliphatic rings. The zero-order valence-corrected chi connectivity index (χ0v) is 45.9. The number of nitrogens with one attached hydrogen (secondary N) is 3. The molecule has 2 heterocycles. The van der Waals surface area contributed by atoms with Gasteiger partial charge in [0.1, 0.15) is 11.9 Å². The molecular formula is C54H95N7O5S2. The number of urea groups is 1. The molecule has 12 nitrogen and oxygen atoms in total. The Labute approximate surface area is 417 Å². The minimum atomic E-state index is -3.27. The lowest BCUT2D eigenvalue weighted by Gasteiger charge is -2.50. The summed E-state index contributed by atoms with van der Waals surface area (Å²) in [5.41, 5.74) is 1.49. The molecule has 12 atom stereocenters. The highest BCUT2D eigenvalue weighted by Gasteiger charge is 2.59. The molecule has 5 saturated carbocycles. The van der Waals surface area contributed by atoms with Crippen LogP contribution in [0.2, 0.25) is 0 Å². The van der Waals surface area contributed by atoms with Gasteiger partial charge in [-0.25, -0.2) is 27.9 Å². The van der Waals surface area contributed by atoms with Gasteiger partial charge in [0.15, 0.2) is 0 Å². The van der Waals surface area contributed by atoms with Crippen molar-refractivity contribution in [1.82, 2.24) is 25.2 Å². The molecule has 7 rings (SSSR count). The Morgan fingerprint density at radius 2 is 1.59 bits per heavy atom. The minimum absolute atomic E-state index is 0.00610. The number of amides is 3. The Morgan fingerprint density at radius 3 is 2.26 bits per heavy atom. The van der Waals surface area contributed by atoms with Gasteiger partial charge in [0, 0.05) is 54.3 Å². The van der Waals surface area contributed by atoms with E-state index in [0.717, 1.165) is 127 Å². The average molecular weight is 987 g/mol. The van der Waals surface area contributed by atoms with Crippen LogP contribution in [0.3, 0.4) is 0 Å². The summed E-state index contributed by atoms with van der Waals surface area (Å²) in [4.78, 5) is 45.2.